The Morgan fingerprint density at radius 3 is 2.20 bits per heavy atom. The predicted molar refractivity (Wildman–Crippen MR) is 133 cm³/mol. The van der Waals surface area contributed by atoms with Crippen molar-refractivity contribution in [1.29, 1.82) is 0 Å². The average molecular weight is 490 g/mol. The van der Waals surface area contributed by atoms with Gasteiger partial charge in [0, 0.05) is 23.8 Å². The molecule has 0 bridgehead atoms. The van der Waals surface area contributed by atoms with Crippen LogP contribution in [0.4, 0.5) is 5.69 Å². The number of benzene rings is 3. The molecule has 0 saturated heterocycles. The Kier molecular flexibility index (Phi) is 6.17. The Hall–Kier alpha value is -3.49. The van der Waals surface area contributed by atoms with Crippen molar-refractivity contribution in [3.8, 4) is 0 Å². The number of carbonyl (C=O) groups is 2. The maximum Gasteiger partial charge on any atom is 0.251 e. The third-order valence-corrected chi connectivity index (χ3v) is 8.33. The molecule has 0 spiro atoms. The van der Waals surface area contributed by atoms with Crippen molar-refractivity contribution >= 4 is 27.5 Å². The first-order chi connectivity index (χ1) is 16.8. The molecule has 2 amide bonds. The van der Waals surface area contributed by atoms with E-state index < -0.39 is 22.0 Å². The van der Waals surface area contributed by atoms with E-state index in [1.165, 1.54) is 4.31 Å². The molecule has 1 atom stereocenters. The lowest BCUT2D eigenvalue weighted by Crippen LogP contribution is -2.50. The molecule has 35 heavy (non-hydrogen) atoms. The molecule has 0 aromatic heterocycles. The fourth-order valence-corrected chi connectivity index (χ4v) is 5.81. The summed E-state index contributed by atoms with van der Waals surface area (Å²) in [6.45, 7) is 2.01. The van der Waals surface area contributed by atoms with Gasteiger partial charge < -0.3 is 10.6 Å². The lowest BCUT2D eigenvalue weighted by atomic mass is 9.95. The predicted octanol–water partition coefficient (Wildman–Crippen LogP) is 3.64. The molecule has 1 heterocycles. The van der Waals surface area contributed by atoms with Gasteiger partial charge in [-0.2, -0.15) is 4.31 Å². The minimum Gasteiger partial charge on any atom is -0.349 e. The highest BCUT2D eigenvalue weighted by Crippen LogP contribution is 2.30. The van der Waals surface area contributed by atoms with Crippen LogP contribution < -0.4 is 10.6 Å². The van der Waals surface area contributed by atoms with Crippen molar-refractivity contribution in [3.05, 3.63) is 95.1 Å². The topological polar surface area (TPSA) is 95.6 Å². The van der Waals surface area contributed by atoms with Gasteiger partial charge in [0.25, 0.3) is 5.91 Å². The molecule has 1 aliphatic heterocycles. The van der Waals surface area contributed by atoms with E-state index in [1.807, 2.05) is 31.2 Å². The molecule has 7 nitrogen and oxygen atoms in total. The molecule has 1 fully saturated rings. The lowest BCUT2D eigenvalue weighted by molar-refractivity contribution is -0.120. The fraction of sp³-hybridized carbons (Fsp3) is 0.259. The van der Waals surface area contributed by atoms with Crippen LogP contribution >= 0.6 is 0 Å². The van der Waals surface area contributed by atoms with Crippen molar-refractivity contribution in [2.45, 2.75) is 49.7 Å². The zero-order valence-corrected chi connectivity index (χ0v) is 20.2. The Morgan fingerprint density at radius 2 is 1.54 bits per heavy atom. The van der Waals surface area contributed by atoms with E-state index >= 15 is 0 Å². The number of anilines is 1. The highest BCUT2D eigenvalue weighted by atomic mass is 32.2. The van der Waals surface area contributed by atoms with Crippen LogP contribution in [0.3, 0.4) is 0 Å². The highest BCUT2D eigenvalue weighted by Gasteiger charge is 2.39. The molecule has 2 aliphatic rings. The Bertz CT molecular complexity index is 1360. The summed E-state index contributed by atoms with van der Waals surface area (Å²) in [6, 6.07) is 20.2. The maximum atomic E-state index is 13.6. The van der Waals surface area contributed by atoms with Gasteiger partial charge in [0.2, 0.25) is 15.9 Å². The zero-order valence-electron chi connectivity index (χ0n) is 19.4. The number of aryl methyl sites for hydroxylation is 1. The summed E-state index contributed by atoms with van der Waals surface area (Å²) in [5.41, 5.74) is 3.82. The molecule has 5 rings (SSSR count). The molecular formula is C27H27N3O4S. The van der Waals surface area contributed by atoms with Crippen molar-refractivity contribution < 1.29 is 18.0 Å². The van der Waals surface area contributed by atoms with Gasteiger partial charge in [-0.25, -0.2) is 8.42 Å². The Balaban J connectivity index is 1.39. The van der Waals surface area contributed by atoms with Gasteiger partial charge >= 0.3 is 0 Å². The summed E-state index contributed by atoms with van der Waals surface area (Å²) >= 11 is 0. The third-order valence-electron chi connectivity index (χ3n) is 6.46. The number of sulfonamides is 1. The second-order valence-electron chi connectivity index (χ2n) is 9.17. The molecule has 0 radical (unpaired) electrons. The molecule has 2 N–H and O–H groups in total. The van der Waals surface area contributed by atoms with E-state index in [1.54, 1.807) is 48.5 Å². The summed E-state index contributed by atoms with van der Waals surface area (Å²) in [4.78, 5) is 25.8. The van der Waals surface area contributed by atoms with E-state index in [4.69, 9.17) is 0 Å². The number of rotatable bonds is 6. The first-order valence-corrected chi connectivity index (χ1v) is 13.1. The SMILES string of the molecule is Cc1ccc(S(=O)(=O)N2Cc3ccccc3C[C@H]2C(=O)Nc2ccc(C(=O)NC3CC3)cc2)cc1. The van der Waals surface area contributed by atoms with E-state index in [-0.39, 0.29) is 29.8 Å². The first kappa shape index (κ1) is 23.3. The zero-order chi connectivity index (χ0) is 24.6. The van der Waals surface area contributed by atoms with Crippen LogP contribution in [0.2, 0.25) is 0 Å². The van der Waals surface area contributed by atoms with Crippen LogP contribution in [-0.4, -0.2) is 36.6 Å². The van der Waals surface area contributed by atoms with Crippen molar-refractivity contribution in [2.24, 2.45) is 0 Å². The molecule has 3 aromatic carbocycles. The number of carbonyl (C=O) groups excluding carboxylic acids is 2. The minimum absolute atomic E-state index is 0.116. The standard InChI is InChI=1S/C27H27N3O4S/c1-18-6-14-24(15-7-18)35(33,34)30-17-21-5-3-2-4-20(21)16-25(30)27(32)29-22-10-8-19(9-11-22)26(31)28-23-12-13-23/h2-11,14-15,23,25H,12-13,16-17H2,1H3,(H,28,31)(H,29,32)/t25-/m0/s1. The molecular weight excluding hydrogens is 462 g/mol. The van der Waals surface area contributed by atoms with E-state index in [2.05, 4.69) is 10.6 Å². The number of hydrogen-bond donors (Lipinski definition) is 2. The minimum atomic E-state index is -3.91. The third kappa shape index (κ3) is 4.99. The number of fused-ring (bicyclic) bond motifs is 1. The summed E-state index contributed by atoms with van der Waals surface area (Å²) in [6.07, 6.45) is 2.29. The molecule has 0 unspecified atom stereocenters. The van der Waals surface area contributed by atoms with Crippen LogP contribution in [0.1, 0.15) is 39.9 Å². The van der Waals surface area contributed by atoms with Crippen molar-refractivity contribution in [3.63, 3.8) is 0 Å². The van der Waals surface area contributed by atoms with Crippen LogP contribution in [-0.2, 0) is 27.8 Å². The molecule has 1 saturated carbocycles. The van der Waals surface area contributed by atoms with E-state index in [0.717, 1.165) is 29.5 Å². The van der Waals surface area contributed by atoms with Crippen LogP contribution in [0.15, 0.2) is 77.7 Å². The molecule has 3 aromatic rings. The summed E-state index contributed by atoms with van der Waals surface area (Å²) in [7, 11) is -3.91. The number of hydrogen-bond acceptors (Lipinski definition) is 4. The van der Waals surface area contributed by atoms with Crippen LogP contribution in [0.25, 0.3) is 0 Å². The van der Waals surface area contributed by atoms with Gasteiger partial charge in [-0.05, 0) is 73.7 Å². The highest BCUT2D eigenvalue weighted by molar-refractivity contribution is 7.89. The summed E-state index contributed by atoms with van der Waals surface area (Å²) in [5.74, 6) is -0.546. The number of nitrogens with zero attached hydrogens (tertiary/aromatic N) is 1. The molecule has 180 valence electrons. The monoisotopic (exact) mass is 489 g/mol. The average Bonchev–Trinajstić information content (AvgIpc) is 3.68. The quantitative estimate of drug-likeness (QED) is 0.553. The summed E-state index contributed by atoms with van der Waals surface area (Å²) < 4.78 is 28.5. The maximum absolute atomic E-state index is 13.6. The largest absolute Gasteiger partial charge is 0.349 e. The van der Waals surface area contributed by atoms with Gasteiger partial charge in [0.1, 0.15) is 6.04 Å². The van der Waals surface area contributed by atoms with Gasteiger partial charge in [-0.3, -0.25) is 9.59 Å². The van der Waals surface area contributed by atoms with Crippen LogP contribution in [0.5, 0.6) is 0 Å². The Morgan fingerprint density at radius 1 is 0.886 bits per heavy atom. The fourth-order valence-electron chi connectivity index (χ4n) is 4.25. The van der Waals surface area contributed by atoms with Crippen LogP contribution in [0, 0.1) is 6.92 Å². The van der Waals surface area contributed by atoms with Crippen molar-refractivity contribution in [2.75, 3.05) is 5.32 Å². The smallest absolute Gasteiger partial charge is 0.251 e. The first-order valence-electron chi connectivity index (χ1n) is 11.7. The number of amides is 2. The second kappa shape index (κ2) is 9.28. The number of nitrogens with one attached hydrogen (secondary N) is 2. The van der Waals surface area contributed by atoms with Gasteiger partial charge in [0.15, 0.2) is 0 Å². The molecule has 1 aliphatic carbocycles. The van der Waals surface area contributed by atoms with Gasteiger partial charge in [0.05, 0.1) is 4.90 Å². The lowest BCUT2D eigenvalue weighted by Gasteiger charge is -2.35. The van der Waals surface area contributed by atoms with Gasteiger partial charge in [-0.15, -0.1) is 0 Å². The van der Waals surface area contributed by atoms with Gasteiger partial charge in [-0.1, -0.05) is 42.0 Å². The summed E-state index contributed by atoms with van der Waals surface area (Å²) in [5, 5.41) is 5.78. The van der Waals surface area contributed by atoms with E-state index in [9.17, 15) is 18.0 Å². The molecule has 8 heteroatoms. The van der Waals surface area contributed by atoms with Crippen molar-refractivity contribution in [1.82, 2.24) is 9.62 Å². The normalized spacial score (nSPS) is 17.9. The Labute approximate surface area is 205 Å². The second-order valence-corrected chi connectivity index (χ2v) is 11.1. The van der Waals surface area contributed by atoms with E-state index in [0.29, 0.717) is 11.3 Å².